The van der Waals surface area contributed by atoms with Crippen molar-refractivity contribution < 1.29 is 9.59 Å². The second-order valence-electron chi connectivity index (χ2n) is 5.30. The van der Waals surface area contributed by atoms with Crippen molar-refractivity contribution in [2.45, 2.75) is 4.90 Å². The molecule has 0 bridgehead atoms. The van der Waals surface area contributed by atoms with Gasteiger partial charge >= 0.3 is 0 Å². The van der Waals surface area contributed by atoms with Crippen LogP contribution < -0.4 is 10.2 Å². The summed E-state index contributed by atoms with van der Waals surface area (Å²) in [5, 5.41) is 7.24. The monoisotopic (exact) mass is 387 g/mol. The molecule has 8 heteroatoms. The van der Waals surface area contributed by atoms with Gasteiger partial charge in [0.2, 0.25) is 11.8 Å². The second kappa shape index (κ2) is 6.99. The van der Waals surface area contributed by atoms with Crippen LogP contribution in [-0.2, 0) is 9.59 Å². The van der Waals surface area contributed by atoms with Crippen molar-refractivity contribution >= 4 is 57.1 Å². The number of rotatable bonds is 4. The third kappa shape index (κ3) is 3.46. The maximum absolute atomic E-state index is 12.4. The summed E-state index contributed by atoms with van der Waals surface area (Å²) in [6, 6.07) is 11.6. The predicted molar refractivity (Wildman–Crippen MR) is 104 cm³/mol. The Kier molecular flexibility index (Phi) is 4.56. The minimum atomic E-state index is -0.248. The van der Waals surface area contributed by atoms with E-state index in [0.29, 0.717) is 10.9 Å². The first-order chi connectivity index (χ1) is 12.2. The highest BCUT2D eigenvalue weighted by atomic mass is 32.2. The van der Waals surface area contributed by atoms with Crippen LogP contribution in [0.15, 0.2) is 52.1 Å². The Labute approximate surface area is 156 Å². The fraction of sp³-hybridized carbons (Fsp3) is 0.118. The first kappa shape index (κ1) is 16.3. The molecule has 1 aromatic carbocycles. The lowest BCUT2D eigenvalue weighted by atomic mass is 10.2. The molecule has 4 rings (SSSR count). The van der Waals surface area contributed by atoms with Gasteiger partial charge in [-0.3, -0.25) is 9.59 Å². The number of fused-ring (bicyclic) bond motifs is 1. The summed E-state index contributed by atoms with van der Waals surface area (Å²) in [4.78, 5) is 32.7. The van der Waals surface area contributed by atoms with E-state index in [-0.39, 0.29) is 18.4 Å². The fourth-order valence-corrected chi connectivity index (χ4v) is 4.92. The summed E-state index contributed by atoms with van der Waals surface area (Å²) >= 11 is 4.49. The van der Waals surface area contributed by atoms with Crippen molar-refractivity contribution in [3.63, 3.8) is 0 Å². The standard InChI is InChI=1S/C17H13N3O2S3/c21-15(19-17-18-11(9-25-17)13-6-3-7-23-13)8-20-12-4-1-2-5-14(12)24-10-16(20)22/h1-7,9H,8,10H2,(H,18,19,21). The summed E-state index contributed by atoms with van der Waals surface area (Å²) in [7, 11) is 0. The molecule has 126 valence electrons. The molecule has 0 atom stereocenters. The van der Waals surface area contributed by atoms with Gasteiger partial charge in [-0.1, -0.05) is 18.2 Å². The number of nitrogens with one attached hydrogen (secondary N) is 1. The van der Waals surface area contributed by atoms with Crippen LogP contribution in [0.25, 0.3) is 10.6 Å². The SMILES string of the molecule is O=C(CN1C(=O)CSc2ccccc21)Nc1nc(-c2cccs2)cs1. The van der Waals surface area contributed by atoms with E-state index in [0.717, 1.165) is 21.2 Å². The zero-order chi connectivity index (χ0) is 17.2. The number of thiazole rings is 1. The summed E-state index contributed by atoms with van der Waals surface area (Å²) in [5.74, 6) is 0.0451. The highest BCUT2D eigenvalue weighted by Crippen LogP contribution is 2.35. The number of thiophene rings is 1. The van der Waals surface area contributed by atoms with Crippen LogP contribution in [0.2, 0.25) is 0 Å². The van der Waals surface area contributed by atoms with E-state index in [1.54, 1.807) is 11.3 Å². The lowest BCUT2D eigenvalue weighted by Crippen LogP contribution is -2.41. The normalized spacial score (nSPS) is 13.6. The van der Waals surface area contributed by atoms with Crippen LogP contribution in [-0.4, -0.2) is 29.1 Å². The number of hydrogen-bond acceptors (Lipinski definition) is 6. The lowest BCUT2D eigenvalue weighted by Gasteiger charge is -2.28. The summed E-state index contributed by atoms with van der Waals surface area (Å²) in [6.07, 6.45) is 0. The zero-order valence-corrected chi connectivity index (χ0v) is 15.4. The highest BCUT2D eigenvalue weighted by Gasteiger charge is 2.26. The average Bonchev–Trinajstić information content (AvgIpc) is 3.29. The molecule has 1 aliphatic rings. The summed E-state index contributed by atoms with van der Waals surface area (Å²) < 4.78 is 0. The molecule has 0 unspecified atom stereocenters. The number of carbonyl (C=O) groups excluding carboxylic acids is 2. The summed E-state index contributed by atoms with van der Waals surface area (Å²) in [6.45, 7) is -0.00960. The molecule has 5 nitrogen and oxygen atoms in total. The zero-order valence-electron chi connectivity index (χ0n) is 13.0. The average molecular weight is 388 g/mol. The minimum Gasteiger partial charge on any atom is -0.301 e. The molecule has 0 radical (unpaired) electrons. The van der Waals surface area contributed by atoms with Gasteiger partial charge in [0.05, 0.1) is 22.0 Å². The van der Waals surface area contributed by atoms with E-state index < -0.39 is 0 Å². The molecule has 3 aromatic rings. The number of aromatic nitrogens is 1. The highest BCUT2D eigenvalue weighted by molar-refractivity contribution is 8.00. The third-order valence-corrected chi connectivity index (χ3v) is 6.33. The van der Waals surface area contributed by atoms with Gasteiger partial charge in [-0.15, -0.1) is 34.4 Å². The number of carbonyl (C=O) groups is 2. The third-order valence-electron chi connectivity index (χ3n) is 3.63. The molecule has 0 aliphatic carbocycles. The van der Waals surface area contributed by atoms with E-state index >= 15 is 0 Å². The molecule has 2 aromatic heterocycles. The molecule has 0 spiro atoms. The van der Waals surface area contributed by atoms with Gasteiger partial charge in [0.1, 0.15) is 6.54 Å². The molecule has 2 amide bonds. The van der Waals surface area contributed by atoms with Crippen molar-refractivity contribution in [3.8, 4) is 10.6 Å². The second-order valence-corrected chi connectivity index (χ2v) is 8.12. The smallest absolute Gasteiger partial charge is 0.246 e. The molecular weight excluding hydrogens is 374 g/mol. The Bertz CT molecular complexity index is 921. The Balaban J connectivity index is 1.47. The van der Waals surface area contributed by atoms with Gasteiger partial charge in [-0.25, -0.2) is 4.98 Å². The van der Waals surface area contributed by atoms with E-state index in [9.17, 15) is 9.59 Å². The molecule has 0 fully saturated rings. The first-order valence-electron chi connectivity index (χ1n) is 7.52. The van der Waals surface area contributed by atoms with Gasteiger partial charge in [0.15, 0.2) is 5.13 Å². The van der Waals surface area contributed by atoms with Gasteiger partial charge < -0.3 is 10.2 Å². The van der Waals surface area contributed by atoms with Crippen molar-refractivity contribution in [2.75, 3.05) is 22.5 Å². The van der Waals surface area contributed by atoms with Crippen molar-refractivity contribution in [2.24, 2.45) is 0 Å². The number of anilines is 2. The number of para-hydroxylation sites is 1. The quantitative estimate of drug-likeness (QED) is 0.736. The molecule has 1 aliphatic heterocycles. The van der Waals surface area contributed by atoms with Crippen LogP contribution in [0.3, 0.4) is 0 Å². The maximum atomic E-state index is 12.4. The van der Waals surface area contributed by atoms with Crippen LogP contribution in [0, 0.1) is 0 Å². The number of amides is 2. The Hall–Kier alpha value is -2.16. The molecule has 0 saturated carbocycles. The van der Waals surface area contributed by atoms with Crippen LogP contribution >= 0.6 is 34.4 Å². The number of thioether (sulfide) groups is 1. The topological polar surface area (TPSA) is 62.3 Å². The van der Waals surface area contributed by atoms with Crippen LogP contribution in [0.5, 0.6) is 0 Å². The van der Waals surface area contributed by atoms with Gasteiger partial charge in [0, 0.05) is 10.3 Å². The van der Waals surface area contributed by atoms with E-state index in [4.69, 9.17) is 0 Å². The van der Waals surface area contributed by atoms with Crippen LogP contribution in [0.4, 0.5) is 10.8 Å². The van der Waals surface area contributed by atoms with Crippen molar-refractivity contribution in [1.82, 2.24) is 4.98 Å². The van der Waals surface area contributed by atoms with E-state index in [2.05, 4.69) is 10.3 Å². The van der Waals surface area contributed by atoms with E-state index in [1.807, 2.05) is 47.2 Å². The number of hydrogen-bond donors (Lipinski definition) is 1. The largest absolute Gasteiger partial charge is 0.301 e. The Morgan fingerprint density at radius 2 is 2.08 bits per heavy atom. The molecule has 1 N–H and O–H groups in total. The minimum absolute atomic E-state index is 0.00960. The lowest BCUT2D eigenvalue weighted by molar-refractivity contribution is -0.120. The Morgan fingerprint density at radius 3 is 2.92 bits per heavy atom. The molecule has 3 heterocycles. The number of nitrogens with zero attached hydrogens (tertiary/aromatic N) is 2. The van der Waals surface area contributed by atoms with Crippen LogP contribution in [0.1, 0.15) is 0 Å². The first-order valence-corrected chi connectivity index (χ1v) is 10.3. The number of benzene rings is 1. The fourth-order valence-electron chi connectivity index (χ4n) is 2.50. The molecule has 0 saturated heterocycles. The van der Waals surface area contributed by atoms with Gasteiger partial charge in [-0.05, 0) is 23.6 Å². The van der Waals surface area contributed by atoms with Crippen molar-refractivity contribution in [1.29, 1.82) is 0 Å². The maximum Gasteiger partial charge on any atom is 0.246 e. The summed E-state index contributed by atoms with van der Waals surface area (Å²) in [5.41, 5.74) is 1.64. The van der Waals surface area contributed by atoms with E-state index in [1.165, 1.54) is 28.0 Å². The molecule has 25 heavy (non-hydrogen) atoms. The van der Waals surface area contributed by atoms with Gasteiger partial charge in [-0.2, -0.15) is 0 Å². The van der Waals surface area contributed by atoms with Gasteiger partial charge in [0.25, 0.3) is 0 Å². The Morgan fingerprint density at radius 1 is 1.20 bits per heavy atom. The molecular formula is C17H13N3O2S3. The predicted octanol–water partition coefficient (Wildman–Crippen LogP) is 3.95. The van der Waals surface area contributed by atoms with Crippen molar-refractivity contribution in [3.05, 3.63) is 47.2 Å².